The van der Waals surface area contributed by atoms with Crippen LogP contribution in [0.3, 0.4) is 0 Å². The Morgan fingerprint density at radius 3 is 2.33 bits per heavy atom. The third-order valence-corrected chi connectivity index (χ3v) is 3.76. The zero-order valence-corrected chi connectivity index (χ0v) is 15.8. The largest absolute Gasteiger partial charge is 0.496 e. The number of anilines is 3. The number of nitrogens with one attached hydrogen (secondary N) is 3. The average Bonchev–Trinajstić information content (AvgIpc) is 2.65. The summed E-state index contributed by atoms with van der Waals surface area (Å²) < 4.78 is 44.8. The third kappa shape index (κ3) is 5.83. The highest BCUT2D eigenvalue weighted by Gasteiger charge is 2.34. The second-order valence-electron chi connectivity index (χ2n) is 5.98. The number of amides is 2. The quantitative estimate of drug-likeness (QED) is 0.459. The summed E-state index contributed by atoms with van der Waals surface area (Å²) in [5.41, 5.74) is -2.10. The molecule has 9 nitrogen and oxygen atoms in total. The maximum atomic E-state index is 13.3. The van der Waals surface area contributed by atoms with Crippen LogP contribution < -0.4 is 20.7 Å². The summed E-state index contributed by atoms with van der Waals surface area (Å²) in [5, 5.41) is 18.0. The summed E-state index contributed by atoms with van der Waals surface area (Å²) in [4.78, 5) is 33.6. The first-order valence-corrected chi connectivity index (χ1v) is 8.36. The van der Waals surface area contributed by atoms with E-state index in [9.17, 15) is 32.9 Å². The molecular weight excluding hydrogens is 409 g/mol. The van der Waals surface area contributed by atoms with Crippen LogP contribution in [-0.2, 0) is 15.8 Å². The van der Waals surface area contributed by atoms with Crippen LogP contribution in [0.15, 0.2) is 36.4 Å². The fourth-order valence-corrected chi connectivity index (χ4v) is 2.48. The van der Waals surface area contributed by atoms with Crippen LogP contribution in [-0.4, -0.2) is 30.4 Å². The van der Waals surface area contributed by atoms with Crippen LogP contribution in [0.4, 0.5) is 35.9 Å². The summed E-state index contributed by atoms with van der Waals surface area (Å²) in [6, 6.07) is 6.78. The van der Waals surface area contributed by atoms with Gasteiger partial charge in [0.25, 0.3) is 5.69 Å². The monoisotopic (exact) mass is 426 g/mol. The van der Waals surface area contributed by atoms with Crippen LogP contribution in [0.1, 0.15) is 12.5 Å². The molecule has 0 radical (unpaired) electrons. The van der Waals surface area contributed by atoms with E-state index in [2.05, 4.69) is 16.0 Å². The molecule has 0 aliphatic rings. The first kappa shape index (κ1) is 22.5. The lowest BCUT2D eigenvalue weighted by Gasteiger charge is -2.16. The number of benzene rings is 2. The van der Waals surface area contributed by atoms with Crippen molar-refractivity contribution in [2.75, 3.05) is 29.6 Å². The molecule has 0 spiro atoms. The van der Waals surface area contributed by atoms with Crippen LogP contribution >= 0.6 is 0 Å². The Bertz CT molecular complexity index is 979. The van der Waals surface area contributed by atoms with E-state index < -0.39 is 46.4 Å². The third-order valence-electron chi connectivity index (χ3n) is 3.76. The minimum atomic E-state index is -4.75. The molecule has 3 N–H and O–H groups in total. The number of nitrogens with zero attached hydrogens (tertiary/aromatic N) is 1. The molecule has 0 saturated carbocycles. The van der Waals surface area contributed by atoms with E-state index in [0.29, 0.717) is 0 Å². The smallest absolute Gasteiger partial charge is 0.418 e. The lowest BCUT2D eigenvalue weighted by Crippen LogP contribution is -2.23. The number of nitro benzene ring substituents is 1. The van der Waals surface area contributed by atoms with Gasteiger partial charge in [-0.2, -0.15) is 13.2 Å². The number of halogens is 3. The van der Waals surface area contributed by atoms with Gasteiger partial charge >= 0.3 is 6.18 Å². The molecule has 12 heteroatoms. The Kier molecular flexibility index (Phi) is 6.82. The number of alkyl halides is 3. The molecule has 2 amide bonds. The maximum Gasteiger partial charge on any atom is 0.418 e. The molecule has 0 aromatic heterocycles. The molecule has 0 bridgehead atoms. The second-order valence-corrected chi connectivity index (χ2v) is 5.98. The zero-order chi connectivity index (χ0) is 22.5. The van der Waals surface area contributed by atoms with E-state index in [0.717, 1.165) is 25.1 Å². The van der Waals surface area contributed by atoms with Crippen molar-refractivity contribution in [2.24, 2.45) is 0 Å². The van der Waals surface area contributed by atoms with Crippen molar-refractivity contribution in [1.29, 1.82) is 0 Å². The number of nitro groups is 1. The molecular formula is C18H17F3N4O5. The van der Waals surface area contributed by atoms with Gasteiger partial charge in [0.05, 0.1) is 30.2 Å². The van der Waals surface area contributed by atoms with Crippen molar-refractivity contribution in [3.63, 3.8) is 0 Å². The molecule has 0 saturated heterocycles. The number of carbonyl (C=O) groups is 2. The molecule has 0 aliphatic heterocycles. The highest BCUT2D eigenvalue weighted by atomic mass is 19.4. The number of hydrogen-bond acceptors (Lipinski definition) is 6. The van der Waals surface area contributed by atoms with Gasteiger partial charge in [0.1, 0.15) is 11.4 Å². The fourth-order valence-electron chi connectivity index (χ4n) is 2.48. The Morgan fingerprint density at radius 1 is 1.10 bits per heavy atom. The van der Waals surface area contributed by atoms with E-state index in [1.165, 1.54) is 25.3 Å². The predicted octanol–water partition coefficient (Wildman–Crippen LogP) is 3.63. The first-order valence-electron chi connectivity index (χ1n) is 8.36. The van der Waals surface area contributed by atoms with Crippen LogP contribution in [0.2, 0.25) is 0 Å². The topological polar surface area (TPSA) is 123 Å². The summed E-state index contributed by atoms with van der Waals surface area (Å²) in [5.74, 6) is -1.14. The number of rotatable bonds is 7. The van der Waals surface area contributed by atoms with Gasteiger partial charge in [-0.25, -0.2) is 0 Å². The van der Waals surface area contributed by atoms with Crippen molar-refractivity contribution in [1.82, 2.24) is 0 Å². The minimum Gasteiger partial charge on any atom is -0.496 e. The predicted molar refractivity (Wildman–Crippen MR) is 103 cm³/mol. The summed E-state index contributed by atoms with van der Waals surface area (Å²) in [6.45, 7) is 0.563. The van der Waals surface area contributed by atoms with E-state index in [1.54, 1.807) is 0 Å². The highest BCUT2D eigenvalue weighted by molar-refractivity contribution is 5.96. The van der Waals surface area contributed by atoms with Gasteiger partial charge < -0.3 is 20.7 Å². The molecule has 0 heterocycles. The van der Waals surface area contributed by atoms with Crippen LogP contribution in [0.25, 0.3) is 0 Å². The first-order chi connectivity index (χ1) is 14.0. The highest BCUT2D eigenvalue weighted by Crippen LogP contribution is 2.36. The van der Waals surface area contributed by atoms with E-state index >= 15 is 0 Å². The Morgan fingerprint density at radius 2 is 1.77 bits per heavy atom. The van der Waals surface area contributed by atoms with Gasteiger partial charge in [-0.05, 0) is 30.3 Å². The van der Waals surface area contributed by atoms with Crippen molar-refractivity contribution >= 4 is 34.6 Å². The lowest BCUT2D eigenvalue weighted by atomic mass is 10.1. The Hall–Kier alpha value is -3.83. The maximum absolute atomic E-state index is 13.3. The average molecular weight is 426 g/mol. The Balaban J connectivity index is 2.16. The normalized spacial score (nSPS) is 10.8. The molecule has 0 atom stereocenters. The molecule has 0 fully saturated rings. The molecule has 2 aromatic carbocycles. The number of ether oxygens (including phenoxy) is 1. The van der Waals surface area contributed by atoms with E-state index in [-0.39, 0.29) is 17.1 Å². The van der Waals surface area contributed by atoms with E-state index in [4.69, 9.17) is 4.74 Å². The summed E-state index contributed by atoms with van der Waals surface area (Å²) in [6.07, 6.45) is -4.75. The number of carbonyl (C=O) groups excluding carboxylic acids is 2. The molecule has 2 rings (SSSR count). The fraction of sp³-hybridized carbons (Fsp3) is 0.222. The van der Waals surface area contributed by atoms with Crippen molar-refractivity contribution in [3.8, 4) is 5.75 Å². The molecule has 30 heavy (non-hydrogen) atoms. The van der Waals surface area contributed by atoms with Gasteiger partial charge in [-0.15, -0.1) is 0 Å². The van der Waals surface area contributed by atoms with Crippen molar-refractivity contribution in [2.45, 2.75) is 13.1 Å². The zero-order valence-electron chi connectivity index (χ0n) is 15.8. The van der Waals surface area contributed by atoms with E-state index in [1.807, 2.05) is 0 Å². The van der Waals surface area contributed by atoms with Crippen LogP contribution in [0.5, 0.6) is 5.75 Å². The van der Waals surface area contributed by atoms with Crippen LogP contribution in [0, 0.1) is 10.1 Å². The SMILES string of the molecule is COc1ccc(NC(=O)CNc2ccc(NC(C)=O)cc2C(F)(F)F)c([N+](=O)[O-])c1. The summed E-state index contributed by atoms with van der Waals surface area (Å²) in [7, 11) is 1.32. The second kappa shape index (κ2) is 9.11. The minimum absolute atomic E-state index is 0.0568. The molecule has 2 aromatic rings. The standard InChI is InChI=1S/C18H17F3N4O5/c1-10(26)23-11-3-5-14(13(7-11)18(19,20)21)22-9-17(27)24-15-6-4-12(30-2)8-16(15)25(28)29/h3-8,22H,9H2,1-2H3,(H,23,26)(H,24,27). The molecule has 0 aliphatic carbocycles. The van der Waals surface area contributed by atoms with Gasteiger partial charge in [0, 0.05) is 18.3 Å². The number of hydrogen-bond donors (Lipinski definition) is 3. The van der Waals surface area contributed by atoms with Gasteiger partial charge in [-0.3, -0.25) is 19.7 Å². The van der Waals surface area contributed by atoms with Gasteiger partial charge in [0.15, 0.2) is 0 Å². The molecule has 160 valence electrons. The molecule has 0 unspecified atom stereocenters. The lowest BCUT2D eigenvalue weighted by molar-refractivity contribution is -0.384. The van der Waals surface area contributed by atoms with Crippen molar-refractivity contribution in [3.05, 3.63) is 52.1 Å². The van der Waals surface area contributed by atoms with Crippen molar-refractivity contribution < 1.29 is 32.4 Å². The van der Waals surface area contributed by atoms with Gasteiger partial charge in [0.2, 0.25) is 11.8 Å². The summed E-state index contributed by atoms with van der Waals surface area (Å²) >= 11 is 0. The number of methoxy groups -OCH3 is 1. The Labute approximate surface area is 168 Å². The van der Waals surface area contributed by atoms with Gasteiger partial charge in [-0.1, -0.05) is 0 Å².